The first-order chi connectivity index (χ1) is 5.00. The average molecular weight is 190 g/mol. The molecule has 0 aliphatic carbocycles. The molecule has 0 unspecified atom stereocenters. The zero-order valence-electron chi connectivity index (χ0n) is 9.26. The maximum atomic E-state index is 9.02. The van der Waals surface area contributed by atoms with Gasteiger partial charge in [-0.05, 0) is 23.1 Å². The fourth-order valence-electron chi connectivity index (χ4n) is 0.961. The minimum atomic E-state index is 0. The Kier molecular flexibility index (Phi) is 5.03. The van der Waals surface area contributed by atoms with Crippen LogP contribution in [0.3, 0.4) is 0 Å². The molecule has 0 aliphatic heterocycles. The Hall–Kier alpha value is 0.656. The summed E-state index contributed by atoms with van der Waals surface area (Å²) in [6, 6.07) is 7.35. The summed E-state index contributed by atoms with van der Waals surface area (Å²) in [6.07, 6.45) is 0. The summed E-state index contributed by atoms with van der Waals surface area (Å²) in [4.78, 5) is 0. The molecule has 0 atom stereocenters. The molecule has 0 amide bonds. The number of hydrogen-bond donors (Lipinski definition) is 1. The molecule has 0 saturated carbocycles. The largest absolute Gasteiger partial charge is 1.00 e. The van der Waals surface area contributed by atoms with Crippen molar-refractivity contribution in [3.8, 4) is 5.75 Å². The molecule has 0 radical (unpaired) electrons. The van der Waals surface area contributed by atoms with E-state index in [1.165, 1.54) is 5.56 Å². The van der Waals surface area contributed by atoms with Crippen LogP contribution in [0, 0.1) is 0 Å². The van der Waals surface area contributed by atoms with Crippen molar-refractivity contribution >= 4 is 0 Å². The summed E-state index contributed by atoms with van der Waals surface area (Å²) in [5.41, 5.74) is 1.42. The Morgan fingerprint density at radius 1 is 1.08 bits per heavy atom. The van der Waals surface area contributed by atoms with Crippen LogP contribution in [0.25, 0.3) is 0 Å². The molecule has 0 bridgehead atoms. The van der Waals surface area contributed by atoms with Gasteiger partial charge >= 0.3 is 51.4 Å². The topological polar surface area (TPSA) is 20.2 Å². The van der Waals surface area contributed by atoms with Crippen LogP contribution in [0.4, 0.5) is 0 Å². The molecule has 2 heteroatoms. The Labute approximate surface area is 118 Å². The summed E-state index contributed by atoms with van der Waals surface area (Å²) < 4.78 is 0. The molecule has 0 spiro atoms. The van der Waals surface area contributed by atoms with E-state index in [9.17, 15) is 0 Å². The van der Waals surface area contributed by atoms with Gasteiger partial charge in [-0.15, -0.1) is 0 Å². The Morgan fingerprint density at radius 2 is 1.50 bits per heavy atom. The van der Waals surface area contributed by atoms with Gasteiger partial charge in [-0.25, -0.2) is 0 Å². The van der Waals surface area contributed by atoms with Crippen molar-refractivity contribution in [2.75, 3.05) is 0 Å². The normalized spacial score (nSPS) is 10.6. The third-order valence-electron chi connectivity index (χ3n) is 1.73. The SMILES string of the molecule is CC(C)(C)c1ccc(O)cc1.[H-].[K+]. The van der Waals surface area contributed by atoms with Gasteiger partial charge in [0.05, 0.1) is 0 Å². The first-order valence-corrected chi connectivity index (χ1v) is 3.79. The zero-order valence-corrected chi connectivity index (χ0v) is 11.4. The number of hydrogen-bond acceptors (Lipinski definition) is 1. The third kappa shape index (κ3) is 3.58. The second-order valence-corrected chi connectivity index (χ2v) is 3.80. The second kappa shape index (κ2) is 4.77. The van der Waals surface area contributed by atoms with Crippen LogP contribution in [-0.2, 0) is 5.41 Å². The van der Waals surface area contributed by atoms with Gasteiger partial charge in [0.15, 0.2) is 0 Å². The number of aromatic hydroxyl groups is 1. The molecule has 1 aromatic rings. The third-order valence-corrected chi connectivity index (χ3v) is 1.73. The quantitative estimate of drug-likeness (QED) is 0.562. The molecular formula is C10H15KO. The smallest absolute Gasteiger partial charge is 1.00 e. The van der Waals surface area contributed by atoms with Crippen LogP contribution in [0.1, 0.15) is 27.8 Å². The van der Waals surface area contributed by atoms with E-state index < -0.39 is 0 Å². The van der Waals surface area contributed by atoms with E-state index in [0.717, 1.165) is 0 Å². The minimum Gasteiger partial charge on any atom is -1.00 e. The van der Waals surface area contributed by atoms with E-state index in [0.29, 0.717) is 5.75 Å². The molecule has 0 aromatic heterocycles. The van der Waals surface area contributed by atoms with Crippen LogP contribution in [0.15, 0.2) is 24.3 Å². The van der Waals surface area contributed by atoms with E-state index in [1.54, 1.807) is 12.1 Å². The zero-order chi connectivity index (χ0) is 8.48. The number of phenols is 1. The molecule has 1 nitrogen and oxygen atoms in total. The van der Waals surface area contributed by atoms with Crippen LogP contribution in [0.2, 0.25) is 0 Å². The van der Waals surface area contributed by atoms with Crippen LogP contribution < -0.4 is 51.4 Å². The average Bonchev–Trinajstić information content (AvgIpc) is 1.86. The van der Waals surface area contributed by atoms with E-state index >= 15 is 0 Å². The van der Waals surface area contributed by atoms with Crippen molar-refractivity contribution in [1.82, 2.24) is 0 Å². The van der Waals surface area contributed by atoms with Crippen LogP contribution in [-0.4, -0.2) is 5.11 Å². The second-order valence-electron chi connectivity index (χ2n) is 3.80. The van der Waals surface area contributed by atoms with Crippen molar-refractivity contribution < 1.29 is 57.9 Å². The van der Waals surface area contributed by atoms with Crippen molar-refractivity contribution in [2.24, 2.45) is 0 Å². The van der Waals surface area contributed by atoms with Gasteiger partial charge in [0.1, 0.15) is 5.75 Å². The monoisotopic (exact) mass is 190 g/mol. The molecular weight excluding hydrogens is 175 g/mol. The summed E-state index contributed by atoms with van der Waals surface area (Å²) in [5, 5.41) is 9.02. The fraction of sp³-hybridized carbons (Fsp3) is 0.400. The number of rotatable bonds is 0. The first kappa shape index (κ1) is 12.7. The van der Waals surface area contributed by atoms with Gasteiger partial charge in [0.2, 0.25) is 0 Å². The molecule has 12 heavy (non-hydrogen) atoms. The predicted octanol–water partition coefficient (Wildman–Crippen LogP) is -0.194. The molecule has 0 fully saturated rings. The van der Waals surface area contributed by atoms with E-state index in [2.05, 4.69) is 20.8 Å². The van der Waals surface area contributed by atoms with Crippen LogP contribution in [0.5, 0.6) is 5.75 Å². The summed E-state index contributed by atoms with van der Waals surface area (Å²) in [6.45, 7) is 6.46. The maximum absolute atomic E-state index is 9.02. The van der Waals surface area contributed by atoms with Crippen molar-refractivity contribution in [2.45, 2.75) is 26.2 Å². The summed E-state index contributed by atoms with van der Waals surface area (Å²) in [5.74, 6) is 0.331. The minimum absolute atomic E-state index is 0. The summed E-state index contributed by atoms with van der Waals surface area (Å²) in [7, 11) is 0. The Bertz CT molecular complexity index is 238. The van der Waals surface area contributed by atoms with Gasteiger partial charge in [0.25, 0.3) is 0 Å². The molecule has 62 valence electrons. The fourth-order valence-corrected chi connectivity index (χ4v) is 0.961. The van der Waals surface area contributed by atoms with Crippen molar-refractivity contribution in [3.63, 3.8) is 0 Å². The van der Waals surface area contributed by atoms with E-state index in [1.807, 2.05) is 12.1 Å². The first-order valence-electron chi connectivity index (χ1n) is 3.79. The molecule has 1 aromatic carbocycles. The van der Waals surface area contributed by atoms with E-state index in [4.69, 9.17) is 5.11 Å². The molecule has 0 aliphatic rings. The predicted molar refractivity (Wildman–Crippen MR) is 47.9 cm³/mol. The molecule has 1 N–H and O–H groups in total. The number of benzene rings is 1. The van der Waals surface area contributed by atoms with Gasteiger partial charge in [-0.2, -0.15) is 0 Å². The van der Waals surface area contributed by atoms with Gasteiger partial charge in [-0.3, -0.25) is 0 Å². The van der Waals surface area contributed by atoms with Gasteiger partial charge < -0.3 is 6.53 Å². The maximum Gasteiger partial charge on any atom is 1.00 e. The molecule has 0 saturated heterocycles. The Balaban J connectivity index is 0. The number of phenolic OH excluding ortho intramolecular Hbond substituents is 1. The van der Waals surface area contributed by atoms with Gasteiger partial charge in [-0.1, -0.05) is 32.9 Å². The van der Waals surface area contributed by atoms with Gasteiger partial charge in [0, 0.05) is 0 Å². The van der Waals surface area contributed by atoms with E-state index in [-0.39, 0.29) is 58.2 Å². The standard InChI is InChI=1S/C10H14O.K.H/c1-10(2,3)8-4-6-9(11)7-5-8;;/h4-7,11H,1-3H3;;/q;+1;-1. The molecule has 1 rings (SSSR count). The molecule has 0 heterocycles. The van der Waals surface area contributed by atoms with Crippen molar-refractivity contribution in [1.29, 1.82) is 0 Å². The summed E-state index contributed by atoms with van der Waals surface area (Å²) >= 11 is 0. The van der Waals surface area contributed by atoms with Crippen LogP contribution >= 0.6 is 0 Å². The Morgan fingerprint density at radius 3 is 1.83 bits per heavy atom. The van der Waals surface area contributed by atoms with Crippen molar-refractivity contribution in [3.05, 3.63) is 29.8 Å².